The van der Waals surface area contributed by atoms with Crippen LogP contribution >= 0.6 is 0 Å². The first kappa shape index (κ1) is 8.13. The van der Waals surface area contributed by atoms with Crippen LogP contribution in [0.1, 0.15) is 5.56 Å². The SMILES string of the molecule is C1=COC(OCc2ccccc2)N1. The Bertz CT molecular complexity index is 276. The second-order valence-corrected chi connectivity index (χ2v) is 2.73. The molecule has 0 saturated carbocycles. The molecule has 0 fully saturated rings. The average Bonchev–Trinajstić information content (AvgIpc) is 2.69. The Balaban J connectivity index is 1.80. The second kappa shape index (κ2) is 3.96. The molecule has 1 aliphatic heterocycles. The van der Waals surface area contributed by atoms with Gasteiger partial charge in [-0.25, -0.2) is 0 Å². The number of rotatable bonds is 3. The molecule has 0 aliphatic carbocycles. The van der Waals surface area contributed by atoms with Crippen molar-refractivity contribution >= 4 is 0 Å². The summed E-state index contributed by atoms with van der Waals surface area (Å²) in [5.41, 5.74) is 1.14. The Morgan fingerprint density at radius 3 is 2.85 bits per heavy atom. The van der Waals surface area contributed by atoms with Crippen LogP contribution in [-0.2, 0) is 16.1 Å². The van der Waals surface area contributed by atoms with E-state index in [9.17, 15) is 0 Å². The maximum Gasteiger partial charge on any atom is 0.280 e. The summed E-state index contributed by atoms with van der Waals surface area (Å²) in [6.45, 7) is 0.556. The van der Waals surface area contributed by atoms with E-state index in [1.54, 1.807) is 12.5 Å². The van der Waals surface area contributed by atoms with E-state index in [1.165, 1.54) is 0 Å². The zero-order valence-electron chi connectivity index (χ0n) is 7.14. The molecule has 0 spiro atoms. The van der Waals surface area contributed by atoms with Crippen LogP contribution in [-0.4, -0.2) is 6.41 Å². The lowest BCUT2D eigenvalue weighted by Crippen LogP contribution is -2.24. The maximum atomic E-state index is 5.39. The summed E-state index contributed by atoms with van der Waals surface area (Å²) in [5, 5.41) is 2.90. The molecule has 1 aromatic rings. The van der Waals surface area contributed by atoms with E-state index in [1.807, 2.05) is 30.3 Å². The Morgan fingerprint density at radius 2 is 2.15 bits per heavy atom. The topological polar surface area (TPSA) is 30.5 Å². The van der Waals surface area contributed by atoms with E-state index < -0.39 is 0 Å². The number of nitrogens with one attached hydrogen (secondary N) is 1. The molecule has 2 rings (SSSR count). The summed E-state index contributed by atoms with van der Waals surface area (Å²) in [7, 11) is 0. The van der Waals surface area contributed by atoms with Gasteiger partial charge in [0, 0.05) is 6.20 Å². The highest BCUT2D eigenvalue weighted by Gasteiger charge is 2.09. The Kier molecular flexibility index (Phi) is 2.48. The molecular weight excluding hydrogens is 166 g/mol. The van der Waals surface area contributed by atoms with Crippen molar-refractivity contribution in [2.45, 2.75) is 13.0 Å². The zero-order valence-corrected chi connectivity index (χ0v) is 7.14. The Labute approximate surface area is 77.0 Å². The fraction of sp³-hybridized carbons (Fsp3) is 0.200. The molecule has 0 saturated heterocycles. The smallest absolute Gasteiger partial charge is 0.280 e. The van der Waals surface area contributed by atoms with Gasteiger partial charge in [-0.3, -0.25) is 0 Å². The molecular formula is C10H11NO2. The molecule has 13 heavy (non-hydrogen) atoms. The van der Waals surface area contributed by atoms with Crippen molar-refractivity contribution in [2.75, 3.05) is 0 Å². The van der Waals surface area contributed by atoms with Gasteiger partial charge in [-0.2, -0.15) is 0 Å². The average molecular weight is 177 g/mol. The van der Waals surface area contributed by atoms with Crippen molar-refractivity contribution in [2.24, 2.45) is 0 Å². The maximum absolute atomic E-state index is 5.39. The third kappa shape index (κ3) is 2.23. The van der Waals surface area contributed by atoms with Crippen molar-refractivity contribution < 1.29 is 9.47 Å². The molecule has 0 amide bonds. The predicted octanol–water partition coefficient (Wildman–Crippen LogP) is 1.58. The summed E-state index contributed by atoms with van der Waals surface area (Å²) < 4.78 is 10.5. The molecule has 68 valence electrons. The Morgan fingerprint density at radius 1 is 1.31 bits per heavy atom. The van der Waals surface area contributed by atoms with Crippen LogP contribution in [0.4, 0.5) is 0 Å². The quantitative estimate of drug-likeness (QED) is 0.760. The third-order valence-electron chi connectivity index (χ3n) is 1.75. The standard InChI is InChI=1S/C10H11NO2/c1-2-4-9(5-3-1)8-13-10-11-6-7-12-10/h1-7,10-11H,8H2. The molecule has 1 atom stereocenters. The lowest BCUT2D eigenvalue weighted by molar-refractivity contribution is -0.114. The van der Waals surface area contributed by atoms with Crippen LogP contribution in [0.3, 0.4) is 0 Å². The van der Waals surface area contributed by atoms with Crippen molar-refractivity contribution in [1.82, 2.24) is 5.32 Å². The highest BCUT2D eigenvalue weighted by atomic mass is 16.7. The fourth-order valence-corrected chi connectivity index (χ4v) is 1.10. The van der Waals surface area contributed by atoms with Crippen LogP contribution < -0.4 is 5.32 Å². The van der Waals surface area contributed by atoms with Gasteiger partial charge in [-0.15, -0.1) is 0 Å². The molecule has 1 heterocycles. The molecule has 0 bridgehead atoms. The first-order chi connectivity index (χ1) is 6.45. The lowest BCUT2D eigenvalue weighted by Gasteiger charge is -2.11. The highest BCUT2D eigenvalue weighted by Crippen LogP contribution is 2.05. The van der Waals surface area contributed by atoms with Crippen molar-refractivity contribution in [3.63, 3.8) is 0 Å². The molecule has 0 aromatic heterocycles. The highest BCUT2D eigenvalue weighted by molar-refractivity contribution is 5.13. The van der Waals surface area contributed by atoms with E-state index in [-0.39, 0.29) is 6.41 Å². The van der Waals surface area contributed by atoms with Gasteiger partial charge < -0.3 is 14.8 Å². The monoisotopic (exact) mass is 177 g/mol. The summed E-state index contributed by atoms with van der Waals surface area (Å²) in [5.74, 6) is 0. The molecule has 3 nitrogen and oxygen atoms in total. The molecule has 1 N–H and O–H groups in total. The van der Waals surface area contributed by atoms with E-state index >= 15 is 0 Å². The first-order valence-electron chi connectivity index (χ1n) is 4.17. The lowest BCUT2D eigenvalue weighted by atomic mass is 10.2. The molecule has 1 unspecified atom stereocenters. The largest absolute Gasteiger partial charge is 0.453 e. The number of hydrogen-bond acceptors (Lipinski definition) is 3. The van der Waals surface area contributed by atoms with Crippen LogP contribution in [0.2, 0.25) is 0 Å². The van der Waals surface area contributed by atoms with Gasteiger partial charge in [0.2, 0.25) is 0 Å². The van der Waals surface area contributed by atoms with Crippen LogP contribution in [0.25, 0.3) is 0 Å². The number of hydrogen-bond donors (Lipinski definition) is 1. The van der Waals surface area contributed by atoms with Gasteiger partial charge in [0.1, 0.15) is 6.26 Å². The number of ether oxygens (including phenoxy) is 2. The second-order valence-electron chi connectivity index (χ2n) is 2.73. The Hall–Kier alpha value is -1.48. The van der Waals surface area contributed by atoms with Crippen molar-refractivity contribution in [1.29, 1.82) is 0 Å². The van der Waals surface area contributed by atoms with Gasteiger partial charge >= 0.3 is 0 Å². The minimum atomic E-state index is -0.333. The van der Waals surface area contributed by atoms with E-state index in [0.717, 1.165) is 5.56 Å². The van der Waals surface area contributed by atoms with Crippen LogP contribution in [0, 0.1) is 0 Å². The van der Waals surface area contributed by atoms with E-state index in [4.69, 9.17) is 9.47 Å². The summed E-state index contributed by atoms with van der Waals surface area (Å²) in [6.07, 6.45) is 2.96. The minimum Gasteiger partial charge on any atom is -0.453 e. The van der Waals surface area contributed by atoms with Gasteiger partial charge in [0.05, 0.1) is 6.61 Å². The normalized spacial score (nSPS) is 19.5. The van der Waals surface area contributed by atoms with Crippen LogP contribution in [0.5, 0.6) is 0 Å². The minimum absolute atomic E-state index is 0.333. The third-order valence-corrected chi connectivity index (χ3v) is 1.75. The van der Waals surface area contributed by atoms with Crippen LogP contribution in [0.15, 0.2) is 42.8 Å². The summed E-state index contributed by atoms with van der Waals surface area (Å²) in [6, 6.07) is 9.99. The molecule has 0 radical (unpaired) electrons. The molecule has 1 aliphatic rings. The van der Waals surface area contributed by atoms with E-state index in [0.29, 0.717) is 6.61 Å². The van der Waals surface area contributed by atoms with Gasteiger partial charge in [-0.1, -0.05) is 30.3 Å². The molecule has 1 aromatic carbocycles. The first-order valence-corrected chi connectivity index (χ1v) is 4.17. The summed E-state index contributed by atoms with van der Waals surface area (Å²) >= 11 is 0. The zero-order chi connectivity index (χ0) is 8.93. The van der Waals surface area contributed by atoms with Gasteiger partial charge in [-0.05, 0) is 5.56 Å². The summed E-state index contributed by atoms with van der Waals surface area (Å²) in [4.78, 5) is 0. The van der Waals surface area contributed by atoms with Gasteiger partial charge in [0.15, 0.2) is 0 Å². The number of benzene rings is 1. The van der Waals surface area contributed by atoms with Crippen molar-refractivity contribution in [3.8, 4) is 0 Å². The van der Waals surface area contributed by atoms with Crippen molar-refractivity contribution in [3.05, 3.63) is 48.4 Å². The fourth-order valence-electron chi connectivity index (χ4n) is 1.10. The van der Waals surface area contributed by atoms with Gasteiger partial charge in [0.25, 0.3) is 6.41 Å². The van der Waals surface area contributed by atoms with E-state index in [2.05, 4.69) is 5.32 Å². The predicted molar refractivity (Wildman–Crippen MR) is 48.4 cm³/mol. The molecule has 3 heteroatoms.